The Morgan fingerprint density at radius 3 is 2.09 bits per heavy atom. The Labute approximate surface area is 200 Å². The molecule has 2 aliphatic heterocycles. The van der Waals surface area contributed by atoms with E-state index in [1.165, 1.54) is 4.31 Å². The van der Waals surface area contributed by atoms with Crippen molar-refractivity contribution in [2.45, 2.75) is 23.7 Å². The number of nitrogens with zero attached hydrogens (tertiary/aromatic N) is 2. The summed E-state index contributed by atoms with van der Waals surface area (Å²) in [5, 5.41) is 0. The summed E-state index contributed by atoms with van der Waals surface area (Å²) in [4.78, 5) is 15.6. The number of morpholine rings is 1. The monoisotopic (exact) mass is 476 g/mol. The molecule has 176 valence electrons. The lowest BCUT2D eigenvalue weighted by molar-refractivity contribution is -0.118. The lowest BCUT2D eigenvalue weighted by atomic mass is 9.88. The van der Waals surface area contributed by atoms with Crippen molar-refractivity contribution in [3.63, 3.8) is 0 Å². The third-order valence-corrected chi connectivity index (χ3v) is 8.53. The number of sulfonamides is 1. The minimum atomic E-state index is -3.56. The van der Waals surface area contributed by atoms with E-state index in [0.29, 0.717) is 45.7 Å². The van der Waals surface area contributed by atoms with Gasteiger partial charge >= 0.3 is 0 Å². The Morgan fingerprint density at radius 1 is 0.853 bits per heavy atom. The molecule has 1 amide bonds. The van der Waals surface area contributed by atoms with E-state index in [4.69, 9.17) is 4.74 Å². The largest absolute Gasteiger partial charge is 0.379 e. The van der Waals surface area contributed by atoms with Crippen LogP contribution in [0.1, 0.15) is 29.0 Å². The molecule has 0 radical (unpaired) electrons. The van der Waals surface area contributed by atoms with E-state index in [9.17, 15) is 13.2 Å². The average molecular weight is 477 g/mol. The molecule has 0 aromatic heterocycles. The molecule has 3 aromatic rings. The summed E-state index contributed by atoms with van der Waals surface area (Å²) in [5.74, 6) is 0.000152. The van der Waals surface area contributed by atoms with Crippen LogP contribution in [-0.2, 0) is 26.0 Å². The fourth-order valence-corrected chi connectivity index (χ4v) is 6.28. The lowest BCUT2D eigenvalue weighted by Crippen LogP contribution is -2.40. The number of benzene rings is 3. The standard InChI is InChI=1S/C27H28N2O4S/c30-27(20-25(21-7-3-1-4-8-21)22-9-5-2-6-10-22)29-14-13-23-19-24(11-12-26(23)29)34(31,32)28-15-17-33-18-16-28/h1-12,19,25H,13-18,20H2. The van der Waals surface area contributed by atoms with Crippen LogP contribution in [0.3, 0.4) is 0 Å². The molecule has 3 aromatic carbocycles. The predicted molar refractivity (Wildman–Crippen MR) is 131 cm³/mol. The molecule has 0 N–H and O–H groups in total. The normalized spacial score (nSPS) is 16.6. The van der Waals surface area contributed by atoms with Crippen molar-refractivity contribution in [3.8, 4) is 0 Å². The molecule has 1 saturated heterocycles. The number of hydrogen-bond donors (Lipinski definition) is 0. The van der Waals surface area contributed by atoms with Gasteiger partial charge in [-0.25, -0.2) is 8.42 Å². The van der Waals surface area contributed by atoms with Crippen molar-refractivity contribution in [2.75, 3.05) is 37.7 Å². The Balaban J connectivity index is 1.38. The highest BCUT2D eigenvalue weighted by atomic mass is 32.2. The molecular weight excluding hydrogens is 448 g/mol. The second-order valence-corrected chi connectivity index (χ2v) is 10.6. The zero-order valence-corrected chi connectivity index (χ0v) is 19.8. The Kier molecular flexibility index (Phi) is 6.50. The maximum Gasteiger partial charge on any atom is 0.243 e. The van der Waals surface area contributed by atoms with E-state index >= 15 is 0 Å². The smallest absolute Gasteiger partial charge is 0.243 e. The first-order valence-electron chi connectivity index (χ1n) is 11.6. The van der Waals surface area contributed by atoms with Gasteiger partial charge in [0.1, 0.15) is 0 Å². The van der Waals surface area contributed by atoms with Gasteiger partial charge in [0.25, 0.3) is 0 Å². The van der Waals surface area contributed by atoms with Gasteiger partial charge in [-0.15, -0.1) is 0 Å². The molecule has 1 fully saturated rings. The van der Waals surface area contributed by atoms with Crippen LogP contribution in [0.15, 0.2) is 83.8 Å². The number of carbonyl (C=O) groups excluding carboxylic acids is 1. The number of amides is 1. The summed E-state index contributed by atoms with van der Waals surface area (Å²) in [6.07, 6.45) is 0.996. The van der Waals surface area contributed by atoms with E-state index in [-0.39, 0.29) is 16.7 Å². The number of rotatable bonds is 6. The highest BCUT2D eigenvalue weighted by Crippen LogP contribution is 2.34. The van der Waals surface area contributed by atoms with Gasteiger partial charge in [0.2, 0.25) is 15.9 Å². The molecule has 0 aliphatic carbocycles. The van der Waals surface area contributed by atoms with Gasteiger partial charge in [-0.1, -0.05) is 60.7 Å². The summed E-state index contributed by atoms with van der Waals surface area (Å²) in [5.41, 5.74) is 3.92. The van der Waals surface area contributed by atoms with Crippen LogP contribution in [0.2, 0.25) is 0 Å². The molecule has 5 rings (SSSR count). The van der Waals surface area contributed by atoms with E-state index < -0.39 is 10.0 Å². The maximum absolute atomic E-state index is 13.5. The summed E-state index contributed by atoms with van der Waals surface area (Å²) in [6, 6.07) is 25.3. The number of fused-ring (bicyclic) bond motifs is 1. The third-order valence-electron chi connectivity index (χ3n) is 6.64. The number of carbonyl (C=O) groups is 1. The van der Waals surface area contributed by atoms with E-state index in [1.54, 1.807) is 23.1 Å². The average Bonchev–Trinajstić information content (AvgIpc) is 3.32. The van der Waals surface area contributed by atoms with Crippen molar-refractivity contribution in [1.82, 2.24) is 4.31 Å². The van der Waals surface area contributed by atoms with Gasteiger partial charge in [0, 0.05) is 37.7 Å². The highest BCUT2D eigenvalue weighted by Gasteiger charge is 2.31. The number of anilines is 1. The zero-order valence-electron chi connectivity index (χ0n) is 19.0. The van der Waals surface area contributed by atoms with Gasteiger partial charge < -0.3 is 9.64 Å². The Morgan fingerprint density at radius 2 is 1.47 bits per heavy atom. The number of ether oxygens (including phenoxy) is 1. The quantitative estimate of drug-likeness (QED) is 0.543. The van der Waals surface area contributed by atoms with Crippen molar-refractivity contribution in [2.24, 2.45) is 0 Å². The first-order valence-corrected chi connectivity index (χ1v) is 13.1. The molecule has 2 aliphatic rings. The molecule has 0 atom stereocenters. The van der Waals surface area contributed by atoms with E-state index in [0.717, 1.165) is 22.4 Å². The van der Waals surface area contributed by atoms with Crippen LogP contribution < -0.4 is 4.90 Å². The van der Waals surface area contributed by atoms with Gasteiger partial charge in [0.15, 0.2) is 0 Å². The summed E-state index contributed by atoms with van der Waals surface area (Å²) >= 11 is 0. The van der Waals surface area contributed by atoms with Gasteiger partial charge in [-0.2, -0.15) is 4.31 Å². The zero-order chi connectivity index (χ0) is 23.5. The van der Waals surface area contributed by atoms with Crippen molar-refractivity contribution in [3.05, 3.63) is 95.6 Å². The third kappa shape index (κ3) is 4.51. The van der Waals surface area contributed by atoms with Crippen LogP contribution >= 0.6 is 0 Å². The Bertz CT molecular complexity index is 1220. The SMILES string of the molecule is O=C(CC(c1ccccc1)c1ccccc1)N1CCc2cc(S(=O)(=O)N3CCOCC3)ccc21. The second-order valence-electron chi connectivity index (χ2n) is 8.68. The highest BCUT2D eigenvalue weighted by molar-refractivity contribution is 7.89. The van der Waals surface area contributed by atoms with Crippen LogP contribution in [-0.4, -0.2) is 51.5 Å². The fraction of sp³-hybridized carbons (Fsp3) is 0.296. The van der Waals surface area contributed by atoms with Crippen LogP contribution in [0.25, 0.3) is 0 Å². The van der Waals surface area contributed by atoms with E-state index in [1.807, 2.05) is 36.4 Å². The Hall–Kier alpha value is -3.00. The minimum Gasteiger partial charge on any atom is -0.379 e. The van der Waals surface area contributed by atoms with Gasteiger partial charge in [-0.05, 0) is 41.3 Å². The fourth-order valence-electron chi connectivity index (χ4n) is 4.82. The molecule has 2 heterocycles. The second kappa shape index (κ2) is 9.70. The van der Waals surface area contributed by atoms with Crippen molar-refractivity contribution >= 4 is 21.6 Å². The molecule has 0 spiro atoms. The minimum absolute atomic E-state index is 0.0417. The lowest BCUT2D eigenvalue weighted by Gasteiger charge is -2.26. The van der Waals surface area contributed by atoms with Crippen LogP contribution in [0.4, 0.5) is 5.69 Å². The predicted octanol–water partition coefficient (Wildman–Crippen LogP) is 3.82. The van der Waals surface area contributed by atoms with Gasteiger partial charge in [-0.3, -0.25) is 4.79 Å². The number of hydrogen-bond acceptors (Lipinski definition) is 4. The summed E-state index contributed by atoms with van der Waals surface area (Å²) < 4.78 is 32.9. The molecule has 34 heavy (non-hydrogen) atoms. The summed E-state index contributed by atoms with van der Waals surface area (Å²) in [6.45, 7) is 2.12. The van der Waals surface area contributed by atoms with Crippen molar-refractivity contribution in [1.29, 1.82) is 0 Å². The molecule has 0 unspecified atom stereocenters. The molecule has 6 nitrogen and oxygen atoms in total. The maximum atomic E-state index is 13.5. The first kappa shape index (κ1) is 22.8. The van der Waals surface area contributed by atoms with Crippen molar-refractivity contribution < 1.29 is 17.9 Å². The van der Waals surface area contributed by atoms with E-state index in [2.05, 4.69) is 24.3 Å². The molecular formula is C27H28N2O4S. The molecule has 0 saturated carbocycles. The molecule has 7 heteroatoms. The topological polar surface area (TPSA) is 66.9 Å². The van der Waals surface area contributed by atoms with Gasteiger partial charge in [0.05, 0.1) is 18.1 Å². The van der Waals surface area contributed by atoms with Crippen LogP contribution in [0.5, 0.6) is 0 Å². The van der Waals surface area contributed by atoms with Crippen LogP contribution in [0, 0.1) is 0 Å². The first-order chi connectivity index (χ1) is 16.5. The summed E-state index contributed by atoms with van der Waals surface area (Å²) in [7, 11) is -3.56. The molecule has 0 bridgehead atoms.